The molecule has 1 aromatic rings. The standard InChI is InChI=1S/C11H11NO2/c1-2-6-11(12(13)14)9-10-7-4-3-5-8-10/h2-5,7-9H,1,6H2. The summed E-state index contributed by atoms with van der Waals surface area (Å²) in [5.41, 5.74) is 0.993. The van der Waals surface area contributed by atoms with Gasteiger partial charge < -0.3 is 0 Å². The summed E-state index contributed by atoms with van der Waals surface area (Å²) in [4.78, 5) is 10.2. The lowest BCUT2D eigenvalue weighted by Gasteiger charge is -1.94. The molecule has 0 aliphatic carbocycles. The molecule has 0 aromatic heterocycles. The van der Waals surface area contributed by atoms with Crippen molar-refractivity contribution >= 4 is 6.08 Å². The Morgan fingerprint density at radius 2 is 2.07 bits per heavy atom. The first-order chi connectivity index (χ1) is 6.74. The number of hydrogen-bond donors (Lipinski definition) is 0. The van der Waals surface area contributed by atoms with E-state index < -0.39 is 0 Å². The minimum absolute atomic E-state index is 0.159. The van der Waals surface area contributed by atoms with E-state index in [2.05, 4.69) is 6.58 Å². The van der Waals surface area contributed by atoms with Crippen LogP contribution in [0.3, 0.4) is 0 Å². The number of nitrogens with zero attached hydrogens (tertiary/aromatic N) is 1. The van der Waals surface area contributed by atoms with E-state index in [0.717, 1.165) is 5.56 Å². The van der Waals surface area contributed by atoms with Crippen LogP contribution in [-0.2, 0) is 0 Å². The van der Waals surface area contributed by atoms with Crippen LogP contribution in [0.2, 0.25) is 0 Å². The monoisotopic (exact) mass is 189 g/mol. The van der Waals surface area contributed by atoms with Gasteiger partial charge in [-0.2, -0.15) is 0 Å². The second kappa shape index (κ2) is 4.97. The highest BCUT2D eigenvalue weighted by Crippen LogP contribution is 2.10. The average molecular weight is 189 g/mol. The zero-order valence-electron chi connectivity index (χ0n) is 7.72. The van der Waals surface area contributed by atoms with Crippen molar-refractivity contribution in [1.82, 2.24) is 0 Å². The predicted molar refractivity (Wildman–Crippen MR) is 56.2 cm³/mol. The SMILES string of the molecule is C=CCC(=Cc1ccccc1)[N+](=O)[O-]. The van der Waals surface area contributed by atoms with Crippen LogP contribution in [0.4, 0.5) is 0 Å². The fraction of sp³-hybridized carbons (Fsp3) is 0.0909. The first kappa shape index (κ1) is 10.2. The molecule has 0 spiro atoms. The summed E-state index contributed by atoms with van der Waals surface area (Å²) in [6.45, 7) is 3.48. The Morgan fingerprint density at radius 3 is 2.57 bits per heavy atom. The van der Waals surface area contributed by atoms with Gasteiger partial charge in [-0.15, -0.1) is 6.58 Å². The van der Waals surface area contributed by atoms with Gasteiger partial charge in [-0.3, -0.25) is 10.1 Å². The Bertz CT molecular complexity index is 355. The molecular formula is C11H11NO2. The molecule has 0 unspecified atom stereocenters. The Balaban J connectivity index is 2.93. The predicted octanol–water partition coefficient (Wildman–Crippen LogP) is 2.88. The molecule has 0 saturated carbocycles. The molecule has 0 N–H and O–H groups in total. The van der Waals surface area contributed by atoms with Crippen molar-refractivity contribution in [2.45, 2.75) is 6.42 Å². The normalized spacial score (nSPS) is 11.0. The number of benzene rings is 1. The van der Waals surface area contributed by atoms with Gasteiger partial charge in [0, 0.05) is 6.08 Å². The minimum Gasteiger partial charge on any atom is -0.259 e. The van der Waals surface area contributed by atoms with Gasteiger partial charge in [-0.1, -0.05) is 36.4 Å². The number of nitro groups is 1. The number of hydrogen-bond acceptors (Lipinski definition) is 2. The van der Waals surface area contributed by atoms with Crippen LogP contribution < -0.4 is 0 Å². The Morgan fingerprint density at radius 1 is 1.43 bits per heavy atom. The third-order valence-electron chi connectivity index (χ3n) is 1.72. The van der Waals surface area contributed by atoms with Crippen molar-refractivity contribution < 1.29 is 4.92 Å². The van der Waals surface area contributed by atoms with E-state index in [0.29, 0.717) is 0 Å². The van der Waals surface area contributed by atoms with Gasteiger partial charge in [0.25, 0.3) is 5.70 Å². The summed E-state index contributed by atoms with van der Waals surface area (Å²) in [5.74, 6) is 0. The second-order valence-electron chi connectivity index (χ2n) is 2.80. The van der Waals surface area contributed by atoms with Gasteiger partial charge >= 0.3 is 0 Å². The second-order valence-corrected chi connectivity index (χ2v) is 2.80. The molecule has 14 heavy (non-hydrogen) atoms. The maximum absolute atomic E-state index is 10.6. The Hall–Kier alpha value is -1.90. The lowest BCUT2D eigenvalue weighted by atomic mass is 10.1. The van der Waals surface area contributed by atoms with E-state index in [9.17, 15) is 10.1 Å². The molecule has 0 amide bonds. The molecule has 0 aliphatic rings. The van der Waals surface area contributed by atoms with Gasteiger partial charge in [0.1, 0.15) is 0 Å². The molecule has 0 saturated heterocycles. The van der Waals surface area contributed by atoms with Gasteiger partial charge in [0.15, 0.2) is 0 Å². The zero-order chi connectivity index (χ0) is 10.4. The summed E-state index contributed by atoms with van der Waals surface area (Å²) in [6.07, 6.45) is 3.36. The van der Waals surface area contributed by atoms with Crippen LogP contribution in [0.1, 0.15) is 12.0 Å². The lowest BCUT2D eigenvalue weighted by molar-refractivity contribution is -0.425. The average Bonchev–Trinajstić information content (AvgIpc) is 2.18. The smallest absolute Gasteiger partial charge is 0.250 e. The molecule has 1 aromatic carbocycles. The van der Waals surface area contributed by atoms with Gasteiger partial charge in [-0.05, 0) is 5.56 Å². The zero-order valence-corrected chi connectivity index (χ0v) is 7.72. The van der Waals surface area contributed by atoms with Crippen molar-refractivity contribution in [2.24, 2.45) is 0 Å². The third-order valence-corrected chi connectivity index (χ3v) is 1.72. The maximum atomic E-state index is 10.6. The van der Waals surface area contributed by atoms with Gasteiger partial charge in [0.2, 0.25) is 0 Å². The van der Waals surface area contributed by atoms with Crippen LogP contribution in [0, 0.1) is 10.1 Å². The fourth-order valence-corrected chi connectivity index (χ4v) is 1.08. The molecule has 3 heteroatoms. The highest BCUT2D eigenvalue weighted by atomic mass is 16.6. The fourth-order valence-electron chi connectivity index (χ4n) is 1.08. The van der Waals surface area contributed by atoms with Crippen molar-refractivity contribution in [1.29, 1.82) is 0 Å². The topological polar surface area (TPSA) is 43.1 Å². The molecule has 0 fully saturated rings. The summed E-state index contributed by atoms with van der Waals surface area (Å²) in [6, 6.07) is 9.21. The van der Waals surface area contributed by atoms with E-state index >= 15 is 0 Å². The molecule has 0 bridgehead atoms. The minimum atomic E-state index is -0.380. The third kappa shape index (κ3) is 2.86. The highest BCUT2D eigenvalue weighted by molar-refractivity contribution is 5.50. The summed E-state index contributed by atoms with van der Waals surface area (Å²) < 4.78 is 0. The molecule has 72 valence electrons. The van der Waals surface area contributed by atoms with Crippen LogP contribution in [0.5, 0.6) is 0 Å². The van der Waals surface area contributed by atoms with Crippen molar-refractivity contribution in [3.8, 4) is 0 Å². The Labute approximate surface area is 82.5 Å². The van der Waals surface area contributed by atoms with E-state index in [1.807, 2.05) is 30.3 Å². The van der Waals surface area contributed by atoms with Crippen LogP contribution in [0.25, 0.3) is 6.08 Å². The summed E-state index contributed by atoms with van der Waals surface area (Å²) >= 11 is 0. The molecule has 0 radical (unpaired) electrons. The van der Waals surface area contributed by atoms with Crippen molar-refractivity contribution in [2.75, 3.05) is 0 Å². The largest absolute Gasteiger partial charge is 0.259 e. The van der Waals surface area contributed by atoms with E-state index in [4.69, 9.17) is 0 Å². The Kier molecular flexibility index (Phi) is 3.61. The van der Waals surface area contributed by atoms with Crippen LogP contribution in [-0.4, -0.2) is 4.92 Å². The van der Waals surface area contributed by atoms with E-state index in [-0.39, 0.29) is 17.0 Å². The maximum Gasteiger partial charge on any atom is 0.250 e. The number of allylic oxidation sites excluding steroid dienone is 1. The molecule has 1 rings (SSSR count). The molecule has 3 nitrogen and oxygen atoms in total. The van der Waals surface area contributed by atoms with E-state index in [1.165, 1.54) is 6.08 Å². The molecule has 0 atom stereocenters. The summed E-state index contributed by atoms with van der Waals surface area (Å²) in [5, 5.41) is 10.6. The van der Waals surface area contributed by atoms with Gasteiger partial charge in [0.05, 0.1) is 11.3 Å². The highest BCUT2D eigenvalue weighted by Gasteiger charge is 2.07. The number of rotatable bonds is 4. The van der Waals surface area contributed by atoms with Crippen molar-refractivity contribution in [3.63, 3.8) is 0 Å². The first-order valence-electron chi connectivity index (χ1n) is 4.25. The molecule has 0 heterocycles. The quantitative estimate of drug-likeness (QED) is 0.415. The van der Waals surface area contributed by atoms with Crippen LogP contribution >= 0.6 is 0 Å². The summed E-state index contributed by atoms with van der Waals surface area (Å²) in [7, 11) is 0. The lowest BCUT2D eigenvalue weighted by Crippen LogP contribution is -1.96. The van der Waals surface area contributed by atoms with Crippen LogP contribution in [0.15, 0.2) is 48.7 Å². The first-order valence-corrected chi connectivity index (χ1v) is 4.25. The molecule has 0 aliphatic heterocycles. The molecular weight excluding hydrogens is 178 g/mol. The van der Waals surface area contributed by atoms with E-state index in [1.54, 1.807) is 6.08 Å². The van der Waals surface area contributed by atoms with Crippen molar-refractivity contribution in [3.05, 3.63) is 64.4 Å². The van der Waals surface area contributed by atoms with Gasteiger partial charge in [-0.25, -0.2) is 0 Å².